The van der Waals surface area contributed by atoms with Crippen molar-refractivity contribution in [1.29, 1.82) is 15.8 Å². The van der Waals surface area contributed by atoms with E-state index in [4.69, 9.17) is 5.73 Å². The fraction of sp³-hybridized carbons (Fsp3) is 0.611. The molecule has 0 saturated carbocycles. The van der Waals surface area contributed by atoms with E-state index in [0.29, 0.717) is 11.6 Å². The quantitative estimate of drug-likeness (QED) is 0.863. The first kappa shape index (κ1) is 17.1. The molecular weight excluding hydrogens is 286 g/mol. The van der Waals surface area contributed by atoms with Crippen LogP contribution in [0.2, 0.25) is 0 Å². The fourth-order valence-corrected chi connectivity index (χ4v) is 3.86. The molecule has 5 heteroatoms. The number of fused-ring (bicyclic) bond motifs is 1. The van der Waals surface area contributed by atoms with Crippen molar-refractivity contribution in [2.24, 2.45) is 23.0 Å². The maximum Gasteiger partial charge on any atom is 0.187 e. The topological polar surface area (TPSA) is 101 Å². The Morgan fingerprint density at radius 3 is 2.48 bits per heavy atom. The molecule has 0 aromatic heterocycles. The van der Waals surface area contributed by atoms with Crippen LogP contribution in [0.5, 0.6) is 0 Å². The summed E-state index contributed by atoms with van der Waals surface area (Å²) in [5, 5.41) is 29.1. The van der Waals surface area contributed by atoms with Crippen molar-refractivity contribution in [3.63, 3.8) is 0 Å². The van der Waals surface area contributed by atoms with Gasteiger partial charge in [0.05, 0.1) is 23.4 Å². The Labute approximate surface area is 138 Å². The lowest BCUT2D eigenvalue weighted by Gasteiger charge is -2.46. The fourth-order valence-electron chi connectivity index (χ4n) is 3.86. The van der Waals surface area contributed by atoms with Gasteiger partial charge in [-0.2, -0.15) is 15.8 Å². The van der Waals surface area contributed by atoms with E-state index in [1.807, 2.05) is 6.92 Å². The van der Waals surface area contributed by atoms with Gasteiger partial charge in [-0.1, -0.05) is 19.4 Å². The van der Waals surface area contributed by atoms with E-state index in [1.165, 1.54) is 0 Å². The molecule has 2 aliphatic rings. The van der Waals surface area contributed by atoms with E-state index < -0.39 is 5.41 Å². The van der Waals surface area contributed by atoms with Crippen LogP contribution in [-0.2, 0) is 0 Å². The van der Waals surface area contributed by atoms with Crippen molar-refractivity contribution < 1.29 is 0 Å². The Balaban J connectivity index is 2.66. The maximum absolute atomic E-state index is 9.76. The number of hydrogen-bond acceptors (Lipinski definition) is 5. The Bertz CT molecular complexity index is 651. The normalized spacial score (nSPS) is 26.7. The monoisotopic (exact) mass is 309 g/mol. The summed E-state index contributed by atoms with van der Waals surface area (Å²) < 4.78 is 0. The zero-order valence-corrected chi connectivity index (χ0v) is 14.0. The highest BCUT2D eigenvalue weighted by Gasteiger charge is 2.53. The molecular formula is C18H23N5. The highest BCUT2D eigenvalue weighted by atomic mass is 15.2. The van der Waals surface area contributed by atoms with Crippen LogP contribution in [0.15, 0.2) is 22.9 Å². The zero-order valence-electron chi connectivity index (χ0n) is 14.0. The summed E-state index contributed by atoms with van der Waals surface area (Å²) >= 11 is 0. The lowest BCUT2D eigenvalue weighted by Crippen LogP contribution is -2.50. The van der Waals surface area contributed by atoms with Gasteiger partial charge in [0.15, 0.2) is 5.41 Å². The van der Waals surface area contributed by atoms with E-state index in [2.05, 4.69) is 43.0 Å². The number of rotatable bonds is 3. The maximum atomic E-state index is 9.76. The van der Waals surface area contributed by atoms with Gasteiger partial charge in [-0.15, -0.1) is 0 Å². The molecule has 1 aliphatic heterocycles. The predicted octanol–water partition coefficient (Wildman–Crippen LogP) is 2.45. The Morgan fingerprint density at radius 1 is 1.35 bits per heavy atom. The van der Waals surface area contributed by atoms with Crippen LogP contribution < -0.4 is 5.73 Å². The van der Waals surface area contributed by atoms with Crippen LogP contribution in [0.25, 0.3) is 0 Å². The Hall–Kier alpha value is -2.29. The van der Waals surface area contributed by atoms with Crippen molar-refractivity contribution in [2.75, 3.05) is 13.1 Å². The Morgan fingerprint density at radius 2 is 2.00 bits per heavy atom. The predicted molar refractivity (Wildman–Crippen MR) is 87.2 cm³/mol. The van der Waals surface area contributed by atoms with Gasteiger partial charge < -0.3 is 5.73 Å². The minimum absolute atomic E-state index is 0.00681. The van der Waals surface area contributed by atoms with Gasteiger partial charge in [0.1, 0.15) is 6.07 Å². The van der Waals surface area contributed by atoms with Crippen molar-refractivity contribution in [1.82, 2.24) is 4.90 Å². The molecule has 1 aliphatic carbocycles. The third-order valence-electron chi connectivity index (χ3n) is 5.20. The largest absolute Gasteiger partial charge is 0.399 e. The van der Waals surface area contributed by atoms with Crippen molar-refractivity contribution >= 4 is 0 Å². The average Bonchev–Trinajstić information content (AvgIpc) is 2.56. The smallest absolute Gasteiger partial charge is 0.187 e. The average molecular weight is 309 g/mol. The zero-order chi connectivity index (χ0) is 17.2. The van der Waals surface area contributed by atoms with E-state index in [0.717, 1.165) is 31.5 Å². The number of hydrogen-bond donors (Lipinski definition) is 1. The second kappa shape index (κ2) is 6.45. The molecule has 120 valence electrons. The summed E-state index contributed by atoms with van der Waals surface area (Å²) in [6.45, 7) is 7.84. The minimum atomic E-state index is -1.40. The molecule has 0 saturated heterocycles. The molecule has 0 aromatic carbocycles. The van der Waals surface area contributed by atoms with Gasteiger partial charge in [-0.25, -0.2) is 0 Å². The molecule has 0 amide bonds. The summed E-state index contributed by atoms with van der Waals surface area (Å²) in [7, 11) is 0. The second-order valence-corrected chi connectivity index (χ2v) is 6.64. The first-order chi connectivity index (χ1) is 11.0. The Kier molecular flexibility index (Phi) is 4.79. The SMILES string of the molecule is CCC[C@@H]1[C@H]2CN(C(C)C)CC=C2C(C#N)=C(N)C1(C#N)C#N. The molecule has 5 nitrogen and oxygen atoms in total. The van der Waals surface area contributed by atoms with Gasteiger partial charge in [-0.3, -0.25) is 4.90 Å². The lowest BCUT2D eigenvalue weighted by molar-refractivity contribution is 0.138. The van der Waals surface area contributed by atoms with Gasteiger partial charge in [0.25, 0.3) is 0 Å². The van der Waals surface area contributed by atoms with Gasteiger partial charge in [0, 0.05) is 31.0 Å². The number of nitriles is 3. The van der Waals surface area contributed by atoms with Crippen LogP contribution in [0.1, 0.15) is 33.6 Å². The molecule has 2 N–H and O–H groups in total. The standard InChI is InChI=1S/C18H23N5/c1-4-5-16-15-9-23(12(2)3)7-6-13(15)14(8-19)17(22)18(16,10-20)11-21/h6,12,15-16H,4-5,7,9,22H2,1-3H3/t15-,16+/m0/s1. The highest BCUT2D eigenvalue weighted by Crippen LogP contribution is 2.51. The van der Waals surface area contributed by atoms with E-state index in [1.54, 1.807) is 0 Å². The van der Waals surface area contributed by atoms with Crippen LogP contribution >= 0.6 is 0 Å². The number of nitrogens with zero attached hydrogens (tertiary/aromatic N) is 4. The molecule has 0 unspecified atom stereocenters. The lowest BCUT2D eigenvalue weighted by atomic mass is 9.59. The molecule has 2 atom stereocenters. The first-order valence-corrected chi connectivity index (χ1v) is 8.14. The summed E-state index contributed by atoms with van der Waals surface area (Å²) in [5.41, 5.74) is 6.19. The van der Waals surface area contributed by atoms with Gasteiger partial charge in [-0.05, 0) is 25.8 Å². The molecule has 0 aromatic rings. The van der Waals surface area contributed by atoms with Crippen LogP contribution in [0.3, 0.4) is 0 Å². The molecule has 23 heavy (non-hydrogen) atoms. The first-order valence-electron chi connectivity index (χ1n) is 8.14. The molecule has 0 radical (unpaired) electrons. The van der Waals surface area contributed by atoms with Gasteiger partial charge >= 0.3 is 0 Å². The van der Waals surface area contributed by atoms with E-state index in [-0.39, 0.29) is 17.5 Å². The molecule has 0 bridgehead atoms. The summed E-state index contributed by atoms with van der Waals surface area (Å²) in [5.74, 6) is -0.167. The van der Waals surface area contributed by atoms with E-state index >= 15 is 0 Å². The van der Waals surface area contributed by atoms with Gasteiger partial charge in [0.2, 0.25) is 0 Å². The molecule has 0 fully saturated rings. The van der Waals surface area contributed by atoms with Crippen molar-refractivity contribution in [3.8, 4) is 18.2 Å². The van der Waals surface area contributed by atoms with Crippen molar-refractivity contribution in [3.05, 3.63) is 22.9 Å². The van der Waals surface area contributed by atoms with Crippen LogP contribution in [0.4, 0.5) is 0 Å². The summed E-state index contributed by atoms with van der Waals surface area (Å²) in [6, 6.07) is 6.83. The molecule has 0 spiro atoms. The summed E-state index contributed by atoms with van der Waals surface area (Å²) in [4.78, 5) is 2.31. The van der Waals surface area contributed by atoms with Crippen LogP contribution in [0, 0.1) is 51.2 Å². The summed E-state index contributed by atoms with van der Waals surface area (Å²) in [6.07, 6.45) is 3.67. The second-order valence-electron chi connectivity index (χ2n) is 6.64. The van der Waals surface area contributed by atoms with E-state index in [9.17, 15) is 15.8 Å². The number of allylic oxidation sites excluding steroid dienone is 2. The molecule has 2 rings (SSSR count). The third kappa shape index (κ3) is 2.50. The number of nitrogens with two attached hydrogens (primary N) is 1. The third-order valence-corrected chi connectivity index (χ3v) is 5.20. The molecule has 1 heterocycles. The minimum Gasteiger partial charge on any atom is -0.399 e. The van der Waals surface area contributed by atoms with Crippen LogP contribution in [-0.4, -0.2) is 24.0 Å². The highest BCUT2D eigenvalue weighted by molar-refractivity contribution is 5.56. The van der Waals surface area contributed by atoms with Crippen molar-refractivity contribution in [2.45, 2.75) is 39.7 Å².